The van der Waals surface area contributed by atoms with Crippen molar-refractivity contribution in [3.05, 3.63) is 47.3 Å². The fourth-order valence-electron chi connectivity index (χ4n) is 1.51. The zero-order valence-electron chi connectivity index (χ0n) is 9.52. The molecule has 0 N–H and O–H groups in total. The lowest BCUT2D eigenvalue weighted by atomic mass is 10.2. The van der Waals surface area contributed by atoms with E-state index in [4.69, 9.17) is 5.26 Å². The zero-order valence-corrected chi connectivity index (χ0v) is 9.52. The highest BCUT2D eigenvalue weighted by Gasteiger charge is 2.08. The molecule has 5 heteroatoms. The van der Waals surface area contributed by atoms with E-state index in [1.54, 1.807) is 6.08 Å². The normalized spacial score (nSPS) is 10.4. The second kappa shape index (κ2) is 5.55. The van der Waals surface area contributed by atoms with Gasteiger partial charge in [0.05, 0.1) is 11.8 Å². The Labute approximate surface area is 104 Å². The van der Waals surface area contributed by atoms with Gasteiger partial charge in [0.1, 0.15) is 6.54 Å². The number of aldehydes is 1. The maximum Gasteiger partial charge on any atom is 0.172 e. The summed E-state index contributed by atoms with van der Waals surface area (Å²) in [6.45, 7) is 0.0648. The largest absolute Gasteiger partial charge is 0.296 e. The van der Waals surface area contributed by atoms with Crippen LogP contribution in [0.15, 0.2) is 30.3 Å². The molecule has 0 radical (unpaired) electrons. The van der Waals surface area contributed by atoms with Crippen LogP contribution in [0, 0.1) is 11.3 Å². The number of nitriles is 1. The first kappa shape index (κ1) is 11.7. The number of hydrogen-bond donors (Lipinski definition) is 0. The van der Waals surface area contributed by atoms with E-state index in [1.165, 1.54) is 4.68 Å². The van der Waals surface area contributed by atoms with E-state index in [-0.39, 0.29) is 12.2 Å². The van der Waals surface area contributed by atoms with Crippen molar-refractivity contribution in [2.45, 2.75) is 6.54 Å². The van der Waals surface area contributed by atoms with E-state index in [9.17, 15) is 4.79 Å². The summed E-state index contributed by atoms with van der Waals surface area (Å²) in [5.41, 5.74) is 1.77. The van der Waals surface area contributed by atoms with Crippen molar-refractivity contribution in [3.63, 3.8) is 0 Å². The molecule has 0 saturated heterocycles. The van der Waals surface area contributed by atoms with Gasteiger partial charge in [-0.1, -0.05) is 41.6 Å². The Hall–Kier alpha value is -2.74. The third-order valence-corrected chi connectivity index (χ3v) is 2.37. The van der Waals surface area contributed by atoms with Crippen LogP contribution in [0.5, 0.6) is 0 Å². The second-order valence-electron chi connectivity index (χ2n) is 3.54. The van der Waals surface area contributed by atoms with Crippen LogP contribution in [0.25, 0.3) is 12.2 Å². The molecule has 18 heavy (non-hydrogen) atoms. The Balaban J connectivity index is 2.33. The minimum absolute atomic E-state index is 0.0648. The van der Waals surface area contributed by atoms with Crippen LogP contribution in [0.2, 0.25) is 0 Å². The fraction of sp³-hybridized carbons (Fsp3) is 0.0769. The first-order chi connectivity index (χ1) is 8.85. The molecule has 1 aromatic carbocycles. The third-order valence-electron chi connectivity index (χ3n) is 2.37. The molecule has 0 saturated carbocycles. The summed E-state index contributed by atoms with van der Waals surface area (Å²) in [4.78, 5) is 10.8. The average molecular weight is 238 g/mol. The molecule has 0 aliphatic rings. The Morgan fingerprint density at radius 1 is 1.28 bits per heavy atom. The van der Waals surface area contributed by atoms with Crippen LogP contribution in [0.1, 0.15) is 21.7 Å². The smallest absolute Gasteiger partial charge is 0.172 e. The van der Waals surface area contributed by atoms with E-state index < -0.39 is 0 Å². The summed E-state index contributed by atoms with van der Waals surface area (Å²) >= 11 is 0. The van der Waals surface area contributed by atoms with Crippen molar-refractivity contribution in [2.75, 3.05) is 0 Å². The lowest BCUT2D eigenvalue weighted by molar-refractivity contribution is 0.111. The van der Waals surface area contributed by atoms with E-state index >= 15 is 0 Å². The number of benzene rings is 1. The van der Waals surface area contributed by atoms with Gasteiger partial charge in [-0.3, -0.25) is 4.79 Å². The van der Waals surface area contributed by atoms with Crippen molar-refractivity contribution >= 4 is 18.4 Å². The second-order valence-corrected chi connectivity index (χ2v) is 3.54. The summed E-state index contributed by atoms with van der Waals surface area (Å²) in [6, 6.07) is 11.6. The number of nitrogens with zero attached hydrogens (tertiary/aromatic N) is 4. The average Bonchev–Trinajstić information content (AvgIpc) is 2.80. The van der Waals surface area contributed by atoms with Gasteiger partial charge in [-0.2, -0.15) is 5.26 Å². The fourth-order valence-corrected chi connectivity index (χ4v) is 1.51. The molecule has 1 heterocycles. The number of rotatable bonds is 4. The van der Waals surface area contributed by atoms with Crippen LogP contribution in [0.4, 0.5) is 0 Å². The molecule has 0 atom stereocenters. The summed E-state index contributed by atoms with van der Waals surface area (Å²) in [6.07, 6.45) is 4.21. The van der Waals surface area contributed by atoms with Crippen LogP contribution in [0.3, 0.4) is 0 Å². The van der Waals surface area contributed by atoms with Gasteiger partial charge < -0.3 is 0 Å². The van der Waals surface area contributed by atoms with Gasteiger partial charge in [0, 0.05) is 0 Å². The first-order valence-corrected chi connectivity index (χ1v) is 5.34. The topological polar surface area (TPSA) is 71.6 Å². The van der Waals surface area contributed by atoms with E-state index in [0.717, 1.165) is 5.56 Å². The van der Waals surface area contributed by atoms with Crippen molar-refractivity contribution < 1.29 is 4.79 Å². The van der Waals surface area contributed by atoms with Gasteiger partial charge >= 0.3 is 0 Å². The summed E-state index contributed by atoms with van der Waals surface area (Å²) in [7, 11) is 0. The van der Waals surface area contributed by atoms with Crippen LogP contribution in [-0.2, 0) is 6.54 Å². The van der Waals surface area contributed by atoms with E-state index in [1.807, 2.05) is 42.5 Å². The van der Waals surface area contributed by atoms with Crippen LogP contribution < -0.4 is 0 Å². The Morgan fingerprint density at radius 3 is 2.72 bits per heavy atom. The van der Waals surface area contributed by atoms with Crippen molar-refractivity contribution in [2.24, 2.45) is 0 Å². The molecule has 0 fully saturated rings. The zero-order chi connectivity index (χ0) is 12.8. The molecule has 0 bridgehead atoms. The summed E-state index contributed by atoms with van der Waals surface area (Å²) in [5, 5.41) is 16.1. The molecule has 0 aliphatic carbocycles. The van der Waals surface area contributed by atoms with Crippen LogP contribution in [-0.4, -0.2) is 21.3 Å². The lowest BCUT2D eigenvalue weighted by Gasteiger charge is -1.96. The van der Waals surface area contributed by atoms with E-state index in [0.29, 0.717) is 12.0 Å². The molecular formula is C13H10N4O. The molecule has 88 valence electrons. The Kier molecular flexibility index (Phi) is 3.62. The molecule has 0 aliphatic heterocycles. The summed E-state index contributed by atoms with van der Waals surface area (Å²) < 4.78 is 1.39. The van der Waals surface area contributed by atoms with Gasteiger partial charge in [-0.25, -0.2) is 4.68 Å². The quantitative estimate of drug-likeness (QED) is 0.761. The van der Waals surface area contributed by atoms with Crippen molar-refractivity contribution in [3.8, 4) is 6.07 Å². The van der Waals surface area contributed by atoms with Gasteiger partial charge in [0.25, 0.3) is 0 Å². The predicted molar refractivity (Wildman–Crippen MR) is 66.4 cm³/mol. The molecule has 0 unspecified atom stereocenters. The highest BCUT2D eigenvalue weighted by molar-refractivity contribution is 5.81. The van der Waals surface area contributed by atoms with Gasteiger partial charge in [-0.05, 0) is 11.6 Å². The maximum absolute atomic E-state index is 10.8. The lowest BCUT2D eigenvalue weighted by Crippen LogP contribution is -2.00. The minimum Gasteiger partial charge on any atom is -0.296 e. The number of carbonyl (C=O) groups excluding carboxylic acids is 1. The monoisotopic (exact) mass is 238 g/mol. The highest BCUT2D eigenvalue weighted by Crippen LogP contribution is 2.09. The molecule has 2 aromatic rings. The predicted octanol–water partition coefficient (Wildman–Crippen LogP) is 1.78. The Bertz CT molecular complexity index is 608. The maximum atomic E-state index is 10.8. The standard InChI is InChI=1S/C13H10N4O/c14-8-9-17-13(12(10-18)15-16-17)7-6-11-4-2-1-3-5-11/h1-7,10H,9H2/b7-6+. The van der Waals surface area contributed by atoms with Gasteiger partial charge in [0.15, 0.2) is 12.0 Å². The van der Waals surface area contributed by atoms with E-state index in [2.05, 4.69) is 10.3 Å². The van der Waals surface area contributed by atoms with Gasteiger partial charge in [-0.15, -0.1) is 5.10 Å². The summed E-state index contributed by atoms with van der Waals surface area (Å²) in [5.74, 6) is 0. The molecular weight excluding hydrogens is 228 g/mol. The Morgan fingerprint density at radius 2 is 2.06 bits per heavy atom. The highest BCUT2D eigenvalue weighted by atomic mass is 16.1. The molecule has 5 nitrogen and oxygen atoms in total. The third kappa shape index (κ3) is 2.50. The minimum atomic E-state index is 0.0648. The number of carbonyl (C=O) groups is 1. The molecule has 2 rings (SSSR count). The molecule has 0 amide bonds. The number of aromatic nitrogens is 3. The van der Waals surface area contributed by atoms with Gasteiger partial charge in [0.2, 0.25) is 0 Å². The SMILES string of the molecule is N#CCn1nnc(C=O)c1/C=C/c1ccccc1. The first-order valence-electron chi connectivity index (χ1n) is 5.34. The van der Waals surface area contributed by atoms with Crippen LogP contribution >= 0.6 is 0 Å². The molecule has 1 aromatic heterocycles. The number of hydrogen-bond acceptors (Lipinski definition) is 4. The van der Waals surface area contributed by atoms with Crippen molar-refractivity contribution in [1.29, 1.82) is 5.26 Å². The van der Waals surface area contributed by atoms with Crippen molar-refractivity contribution in [1.82, 2.24) is 15.0 Å². The molecule has 0 spiro atoms.